The van der Waals surface area contributed by atoms with E-state index in [0.29, 0.717) is 11.1 Å². The van der Waals surface area contributed by atoms with Crippen LogP contribution in [0.25, 0.3) is 0 Å². The molecule has 0 aliphatic carbocycles. The first-order valence-corrected chi connectivity index (χ1v) is 6.17. The lowest BCUT2D eigenvalue weighted by Gasteiger charge is -2.19. The van der Waals surface area contributed by atoms with Crippen molar-refractivity contribution in [1.82, 2.24) is 0 Å². The zero-order valence-electron chi connectivity index (χ0n) is 11.1. The molecule has 98 valence electrons. The predicted molar refractivity (Wildman–Crippen MR) is 76.3 cm³/mol. The lowest BCUT2D eigenvalue weighted by molar-refractivity contribution is 0.0990. The van der Waals surface area contributed by atoms with Crippen LogP contribution in [-0.2, 0) is 6.61 Å². The first kappa shape index (κ1) is 13.3. The van der Waals surface area contributed by atoms with E-state index in [9.17, 15) is 9.90 Å². The maximum Gasteiger partial charge on any atom is 0.258 e. The Labute approximate surface area is 113 Å². The Bertz CT molecular complexity index is 593. The predicted octanol–water partition coefficient (Wildman–Crippen LogP) is 2.76. The Balaban J connectivity index is 2.33. The summed E-state index contributed by atoms with van der Waals surface area (Å²) in [5.41, 5.74) is 3.13. The van der Waals surface area contributed by atoms with Crippen LogP contribution >= 0.6 is 0 Å². The Kier molecular flexibility index (Phi) is 3.97. The fraction of sp³-hybridized carbons (Fsp3) is 0.188. The molecule has 1 N–H and O–H groups in total. The SMILES string of the molecule is Cc1cccc(N(C)C(=O)c2ccccc2CO)c1. The van der Waals surface area contributed by atoms with Gasteiger partial charge in [-0.1, -0.05) is 30.3 Å². The van der Waals surface area contributed by atoms with Crippen LogP contribution in [0, 0.1) is 6.92 Å². The highest BCUT2D eigenvalue weighted by Gasteiger charge is 2.16. The molecule has 3 heteroatoms. The Hall–Kier alpha value is -2.13. The highest BCUT2D eigenvalue weighted by atomic mass is 16.3. The lowest BCUT2D eigenvalue weighted by atomic mass is 10.1. The van der Waals surface area contributed by atoms with Crippen LogP contribution in [0.2, 0.25) is 0 Å². The number of aliphatic hydroxyl groups excluding tert-OH is 1. The zero-order chi connectivity index (χ0) is 13.8. The molecule has 3 nitrogen and oxygen atoms in total. The first-order valence-electron chi connectivity index (χ1n) is 6.17. The van der Waals surface area contributed by atoms with E-state index in [-0.39, 0.29) is 12.5 Å². The number of hydrogen-bond donors (Lipinski definition) is 1. The van der Waals surface area contributed by atoms with Gasteiger partial charge in [0, 0.05) is 18.3 Å². The summed E-state index contributed by atoms with van der Waals surface area (Å²) >= 11 is 0. The van der Waals surface area contributed by atoms with E-state index in [2.05, 4.69) is 0 Å². The van der Waals surface area contributed by atoms with Gasteiger partial charge in [0.15, 0.2) is 0 Å². The molecule has 0 bridgehead atoms. The summed E-state index contributed by atoms with van der Waals surface area (Å²) in [4.78, 5) is 14.0. The standard InChI is InChI=1S/C16H17NO2/c1-12-6-5-8-14(10-12)17(2)16(19)15-9-4-3-7-13(15)11-18/h3-10,18H,11H2,1-2H3. The van der Waals surface area contributed by atoms with Gasteiger partial charge in [-0.25, -0.2) is 0 Å². The van der Waals surface area contributed by atoms with Gasteiger partial charge in [0.25, 0.3) is 5.91 Å². The average Bonchev–Trinajstić information content (AvgIpc) is 2.45. The Morgan fingerprint density at radius 2 is 1.89 bits per heavy atom. The molecule has 0 spiro atoms. The number of benzene rings is 2. The topological polar surface area (TPSA) is 40.5 Å². The van der Waals surface area contributed by atoms with E-state index in [0.717, 1.165) is 11.3 Å². The van der Waals surface area contributed by atoms with Crippen LogP contribution in [0.5, 0.6) is 0 Å². The van der Waals surface area contributed by atoms with Gasteiger partial charge in [-0.05, 0) is 36.2 Å². The van der Waals surface area contributed by atoms with Crippen molar-refractivity contribution in [2.45, 2.75) is 13.5 Å². The van der Waals surface area contributed by atoms with Crippen molar-refractivity contribution in [2.75, 3.05) is 11.9 Å². The van der Waals surface area contributed by atoms with Crippen molar-refractivity contribution in [3.05, 3.63) is 65.2 Å². The molecule has 0 saturated heterocycles. The third-order valence-electron chi connectivity index (χ3n) is 3.11. The molecule has 0 heterocycles. The highest BCUT2D eigenvalue weighted by Crippen LogP contribution is 2.18. The van der Waals surface area contributed by atoms with Crippen LogP contribution < -0.4 is 4.90 Å². The summed E-state index contributed by atoms with van der Waals surface area (Å²) in [6.45, 7) is 1.85. The third kappa shape index (κ3) is 2.83. The number of nitrogens with zero attached hydrogens (tertiary/aromatic N) is 1. The number of aliphatic hydroxyl groups is 1. The normalized spacial score (nSPS) is 10.3. The molecule has 0 aliphatic heterocycles. The largest absolute Gasteiger partial charge is 0.392 e. The van der Waals surface area contributed by atoms with Crippen molar-refractivity contribution in [3.8, 4) is 0 Å². The van der Waals surface area contributed by atoms with Gasteiger partial charge in [0.2, 0.25) is 0 Å². The van der Waals surface area contributed by atoms with E-state index in [1.54, 1.807) is 30.1 Å². The molecular formula is C16H17NO2. The van der Waals surface area contributed by atoms with E-state index in [1.807, 2.05) is 37.3 Å². The first-order chi connectivity index (χ1) is 9.13. The molecule has 0 unspecified atom stereocenters. The van der Waals surface area contributed by atoms with Crippen molar-refractivity contribution in [2.24, 2.45) is 0 Å². The van der Waals surface area contributed by atoms with E-state index in [1.165, 1.54) is 0 Å². The number of hydrogen-bond acceptors (Lipinski definition) is 2. The van der Waals surface area contributed by atoms with Gasteiger partial charge in [-0.15, -0.1) is 0 Å². The molecule has 2 aromatic carbocycles. The van der Waals surface area contributed by atoms with Crippen molar-refractivity contribution >= 4 is 11.6 Å². The number of aryl methyl sites for hydroxylation is 1. The third-order valence-corrected chi connectivity index (χ3v) is 3.11. The number of amides is 1. The van der Waals surface area contributed by atoms with Gasteiger partial charge in [0.05, 0.1) is 6.61 Å². The zero-order valence-corrected chi connectivity index (χ0v) is 11.1. The number of anilines is 1. The maximum atomic E-state index is 12.5. The molecule has 0 saturated carbocycles. The van der Waals surface area contributed by atoms with Gasteiger partial charge < -0.3 is 10.0 Å². The van der Waals surface area contributed by atoms with Gasteiger partial charge >= 0.3 is 0 Å². The highest BCUT2D eigenvalue weighted by molar-refractivity contribution is 6.06. The quantitative estimate of drug-likeness (QED) is 0.916. The summed E-state index contributed by atoms with van der Waals surface area (Å²) < 4.78 is 0. The molecule has 0 aromatic heterocycles. The Morgan fingerprint density at radius 3 is 2.58 bits per heavy atom. The number of carbonyl (C=O) groups excluding carboxylic acids is 1. The average molecular weight is 255 g/mol. The van der Waals surface area contributed by atoms with Crippen LogP contribution in [0.3, 0.4) is 0 Å². The molecule has 0 aliphatic rings. The molecule has 0 atom stereocenters. The molecule has 1 amide bonds. The monoisotopic (exact) mass is 255 g/mol. The number of rotatable bonds is 3. The summed E-state index contributed by atoms with van der Waals surface area (Å²) in [6.07, 6.45) is 0. The second-order valence-electron chi connectivity index (χ2n) is 4.52. The molecule has 2 rings (SSSR count). The molecule has 2 aromatic rings. The second kappa shape index (κ2) is 5.67. The molecular weight excluding hydrogens is 238 g/mol. The summed E-state index contributed by atoms with van der Waals surface area (Å²) in [7, 11) is 1.74. The molecule has 0 radical (unpaired) electrons. The summed E-state index contributed by atoms with van der Waals surface area (Å²) in [5, 5.41) is 9.29. The van der Waals surface area contributed by atoms with Crippen LogP contribution in [0.1, 0.15) is 21.5 Å². The second-order valence-corrected chi connectivity index (χ2v) is 4.52. The van der Waals surface area contributed by atoms with E-state index < -0.39 is 0 Å². The summed E-state index contributed by atoms with van der Waals surface area (Å²) in [6, 6.07) is 14.9. The van der Waals surface area contributed by atoms with Crippen LogP contribution in [0.15, 0.2) is 48.5 Å². The van der Waals surface area contributed by atoms with Crippen molar-refractivity contribution < 1.29 is 9.90 Å². The fourth-order valence-corrected chi connectivity index (χ4v) is 2.00. The van der Waals surface area contributed by atoms with Crippen molar-refractivity contribution in [1.29, 1.82) is 0 Å². The maximum absolute atomic E-state index is 12.5. The Morgan fingerprint density at radius 1 is 1.16 bits per heavy atom. The van der Waals surface area contributed by atoms with E-state index >= 15 is 0 Å². The smallest absolute Gasteiger partial charge is 0.258 e. The minimum Gasteiger partial charge on any atom is -0.392 e. The van der Waals surface area contributed by atoms with Gasteiger partial charge in [-0.2, -0.15) is 0 Å². The number of carbonyl (C=O) groups is 1. The minimum absolute atomic E-state index is 0.116. The molecule has 19 heavy (non-hydrogen) atoms. The van der Waals surface area contributed by atoms with Gasteiger partial charge in [-0.3, -0.25) is 4.79 Å². The lowest BCUT2D eigenvalue weighted by Crippen LogP contribution is -2.27. The van der Waals surface area contributed by atoms with Crippen LogP contribution in [-0.4, -0.2) is 18.1 Å². The van der Waals surface area contributed by atoms with Crippen molar-refractivity contribution in [3.63, 3.8) is 0 Å². The molecule has 0 fully saturated rings. The van der Waals surface area contributed by atoms with E-state index in [4.69, 9.17) is 0 Å². The van der Waals surface area contributed by atoms with Crippen LogP contribution in [0.4, 0.5) is 5.69 Å². The minimum atomic E-state index is -0.135. The summed E-state index contributed by atoms with van der Waals surface area (Å²) in [5.74, 6) is -0.116. The fourth-order valence-electron chi connectivity index (χ4n) is 2.00. The van der Waals surface area contributed by atoms with Gasteiger partial charge in [0.1, 0.15) is 0 Å².